The van der Waals surface area contributed by atoms with Crippen molar-refractivity contribution in [2.45, 2.75) is 26.0 Å². The standard InChI is InChI=1S/C22H21BrN4O3/c1-14-3-5-15(6-4-14)12-27-13-18(23)21(25-27)24-22(28)20-11-19(26-30-20)16-7-9-17(29-2)10-8-16/h3-10,13,20H,11-12H2,1-2H3,(H,24,25,28). The predicted molar refractivity (Wildman–Crippen MR) is 118 cm³/mol. The number of ether oxygens (including phenoxy) is 1. The summed E-state index contributed by atoms with van der Waals surface area (Å²) in [6.07, 6.45) is 1.53. The lowest BCUT2D eigenvalue weighted by Gasteiger charge is -2.08. The lowest BCUT2D eigenvalue weighted by atomic mass is 10.0. The van der Waals surface area contributed by atoms with E-state index in [2.05, 4.69) is 62.7 Å². The van der Waals surface area contributed by atoms with Gasteiger partial charge in [-0.05, 0) is 58.2 Å². The fraction of sp³-hybridized carbons (Fsp3) is 0.227. The number of hydrogen-bond donors (Lipinski definition) is 1. The highest BCUT2D eigenvalue weighted by atomic mass is 79.9. The molecule has 0 radical (unpaired) electrons. The van der Waals surface area contributed by atoms with E-state index in [0.29, 0.717) is 23.3 Å². The van der Waals surface area contributed by atoms with Gasteiger partial charge in [0.25, 0.3) is 5.91 Å². The van der Waals surface area contributed by atoms with Gasteiger partial charge in [-0.3, -0.25) is 9.48 Å². The third-order valence-electron chi connectivity index (χ3n) is 4.81. The van der Waals surface area contributed by atoms with E-state index >= 15 is 0 Å². The summed E-state index contributed by atoms with van der Waals surface area (Å²) in [7, 11) is 1.62. The molecule has 1 amide bonds. The van der Waals surface area contributed by atoms with Gasteiger partial charge in [-0.2, -0.15) is 5.10 Å². The van der Waals surface area contributed by atoms with Gasteiger partial charge in [-0.25, -0.2) is 0 Å². The highest BCUT2D eigenvalue weighted by molar-refractivity contribution is 9.10. The summed E-state index contributed by atoms with van der Waals surface area (Å²) in [5.41, 5.74) is 3.96. The first-order valence-corrected chi connectivity index (χ1v) is 10.3. The summed E-state index contributed by atoms with van der Waals surface area (Å²) in [5.74, 6) is 0.927. The van der Waals surface area contributed by atoms with Crippen LogP contribution in [0.3, 0.4) is 0 Å². The average molecular weight is 469 g/mol. The molecule has 0 aliphatic carbocycles. The van der Waals surface area contributed by atoms with Gasteiger partial charge in [0.1, 0.15) is 5.75 Å². The Labute approximate surface area is 182 Å². The number of oxime groups is 1. The number of rotatable bonds is 6. The van der Waals surface area contributed by atoms with Crippen molar-refractivity contribution in [3.05, 3.63) is 75.9 Å². The normalized spacial score (nSPS) is 15.4. The third kappa shape index (κ3) is 4.54. The third-order valence-corrected chi connectivity index (χ3v) is 5.39. The smallest absolute Gasteiger partial charge is 0.269 e. The summed E-state index contributed by atoms with van der Waals surface area (Å²) in [5, 5.41) is 11.4. The van der Waals surface area contributed by atoms with Crippen molar-refractivity contribution in [1.82, 2.24) is 9.78 Å². The summed E-state index contributed by atoms with van der Waals surface area (Å²) >= 11 is 3.46. The molecule has 0 bridgehead atoms. The maximum Gasteiger partial charge on any atom is 0.269 e. The number of benzene rings is 2. The largest absolute Gasteiger partial charge is 0.497 e. The van der Waals surface area contributed by atoms with E-state index in [-0.39, 0.29) is 5.91 Å². The molecule has 30 heavy (non-hydrogen) atoms. The molecular weight excluding hydrogens is 448 g/mol. The molecule has 3 aromatic rings. The first-order valence-electron chi connectivity index (χ1n) is 9.48. The van der Waals surface area contributed by atoms with Crippen LogP contribution in [-0.2, 0) is 16.2 Å². The number of hydrogen-bond acceptors (Lipinski definition) is 5. The topological polar surface area (TPSA) is 77.7 Å². The van der Waals surface area contributed by atoms with Crippen LogP contribution in [0.4, 0.5) is 5.82 Å². The van der Waals surface area contributed by atoms with Gasteiger partial charge >= 0.3 is 0 Å². The Balaban J connectivity index is 1.37. The minimum Gasteiger partial charge on any atom is -0.497 e. The van der Waals surface area contributed by atoms with Crippen LogP contribution in [-0.4, -0.2) is 34.6 Å². The molecule has 0 saturated carbocycles. The maximum absolute atomic E-state index is 12.6. The molecule has 1 N–H and O–H groups in total. The summed E-state index contributed by atoms with van der Waals surface area (Å²) in [6, 6.07) is 15.7. The van der Waals surface area contributed by atoms with Crippen molar-refractivity contribution in [2.24, 2.45) is 5.16 Å². The van der Waals surface area contributed by atoms with Crippen LogP contribution in [0, 0.1) is 6.92 Å². The monoisotopic (exact) mass is 468 g/mol. The van der Waals surface area contributed by atoms with Crippen LogP contribution in [0.5, 0.6) is 5.75 Å². The molecule has 1 aliphatic rings. The van der Waals surface area contributed by atoms with E-state index in [1.165, 1.54) is 5.56 Å². The molecule has 2 heterocycles. The molecule has 2 aromatic carbocycles. The Hall–Kier alpha value is -3.13. The zero-order chi connectivity index (χ0) is 21.1. The van der Waals surface area contributed by atoms with Crippen LogP contribution in [0.25, 0.3) is 0 Å². The molecule has 0 spiro atoms. The van der Waals surface area contributed by atoms with Crippen LogP contribution in [0.2, 0.25) is 0 Å². The Bertz CT molecular complexity index is 1070. The maximum atomic E-state index is 12.6. The van der Waals surface area contributed by atoms with Gasteiger partial charge in [-0.1, -0.05) is 35.0 Å². The van der Waals surface area contributed by atoms with Gasteiger partial charge < -0.3 is 14.9 Å². The Kier molecular flexibility index (Phi) is 5.85. The molecule has 1 aliphatic heterocycles. The summed E-state index contributed by atoms with van der Waals surface area (Å²) < 4.78 is 7.65. The second kappa shape index (κ2) is 8.71. The molecule has 4 rings (SSSR count). The van der Waals surface area contributed by atoms with Crippen molar-refractivity contribution in [3.8, 4) is 5.75 Å². The SMILES string of the molecule is COc1ccc(C2=NOC(C(=O)Nc3nn(Cc4ccc(C)cc4)cc3Br)C2)cc1. The van der Waals surface area contributed by atoms with Crippen molar-refractivity contribution in [3.63, 3.8) is 0 Å². The predicted octanol–water partition coefficient (Wildman–Crippen LogP) is 4.14. The molecule has 0 fully saturated rings. The Morgan fingerprint density at radius 3 is 2.67 bits per heavy atom. The number of carbonyl (C=O) groups excluding carboxylic acids is 1. The zero-order valence-corrected chi connectivity index (χ0v) is 18.2. The lowest BCUT2D eigenvalue weighted by Crippen LogP contribution is -2.28. The van der Waals surface area contributed by atoms with Gasteiger partial charge in [0.2, 0.25) is 6.10 Å². The number of aryl methyl sites for hydroxylation is 1. The van der Waals surface area contributed by atoms with Gasteiger partial charge in [0.15, 0.2) is 5.82 Å². The van der Waals surface area contributed by atoms with E-state index < -0.39 is 6.10 Å². The first-order chi connectivity index (χ1) is 14.5. The number of aromatic nitrogens is 2. The zero-order valence-electron chi connectivity index (χ0n) is 16.6. The molecule has 154 valence electrons. The summed E-state index contributed by atoms with van der Waals surface area (Å²) in [6.45, 7) is 2.66. The van der Waals surface area contributed by atoms with E-state index in [9.17, 15) is 4.79 Å². The molecule has 1 unspecified atom stereocenters. The van der Waals surface area contributed by atoms with Crippen LogP contribution in [0.15, 0.2) is 64.4 Å². The molecule has 7 nitrogen and oxygen atoms in total. The lowest BCUT2D eigenvalue weighted by molar-refractivity contribution is -0.125. The second-order valence-corrected chi connectivity index (χ2v) is 7.92. The first kappa shape index (κ1) is 20.2. The number of nitrogens with one attached hydrogen (secondary N) is 1. The average Bonchev–Trinajstić information content (AvgIpc) is 3.37. The summed E-state index contributed by atoms with van der Waals surface area (Å²) in [4.78, 5) is 18.0. The minimum atomic E-state index is -0.698. The van der Waals surface area contributed by atoms with Gasteiger partial charge in [-0.15, -0.1) is 0 Å². The molecule has 1 aromatic heterocycles. The van der Waals surface area contributed by atoms with Crippen LogP contribution in [0.1, 0.15) is 23.1 Å². The molecular formula is C22H21BrN4O3. The van der Waals surface area contributed by atoms with Gasteiger partial charge in [0, 0.05) is 12.6 Å². The highest BCUT2D eigenvalue weighted by Crippen LogP contribution is 2.24. The molecule has 0 saturated heterocycles. The Morgan fingerprint density at radius 1 is 1.23 bits per heavy atom. The van der Waals surface area contributed by atoms with Crippen molar-refractivity contribution in [1.29, 1.82) is 0 Å². The fourth-order valence-corrected chi connectivity index (χ4v) is 3.53. The van der Waals surface area contributed by atoms with E-state index in [0.717, 1.165) is 22.6 Å². The number of anilines is 1. The fourth-order valence-electron chi connectivity index (χ4n) is 3.11. The number of nitrogens with zero attached hydrogens (tertiary/aromatic N) is 3. The Morgan fingerprint density at radius 2 is 1.97 bits per heavy atom. The van der Waals surface area contributed by atoms with Gasteiger partial charge in [0.05, 0.1) is 23.8 Å². The number of amides is 1. The van der Waals surface area contributed by atoms with Crippen LogP contribution < -0.4 is 10.1 Å². The van der Waals surface area contributed by atoms with Crippen molar-refractivity contribution >= 4 is 33.4 Å². The number of halogens is 1. The van der Waals surface area contributed by atoms with E-state index in [1.54, 1.807) is 11.8 Å². The van der Waals surface area contributed by atoms with Crippen molar-refractivity contribution in [2.75, 3.05) is 12.4 Å². The van der Waals surface area contributed by atoms with Crippen LogP contribution >= 0.6 is 15.9 Å². The molecule has 8 heteroatoms. The van der Waals surface area contributed by atoms with Crippen molar-refractivity contribution < 1.29 is 14.4 Å². The van der Waals surface area contributed by atoms with E-state index in [4.69, 9.17) is 9.57 Å². The van der Waals surface area contributed by atoms with E-state index in [1.807, 2.05) is 30.5 Å². The number of methoxy groups -OCH3 is 1. The quantitative estimate of drug-likeness (QED) is 0.589. The minimum absolute atomic E-state index is 0.288. The molecule has 1 atom stereocenters. The second-order valence-electron chi connectivity index (χ2n) is 7.06. The highest BCUT2D eigenvalue weighted by Gasteiger charge is 2.29. The number of carbonyl (C=O) groups is 1.